The number of benzene rings is 2. The van der Waals surface area contributed by atoms with Gasteiger partial charge in [-0.25, -0.2) is 4.39 Å². The molecule has 0 fully saturated rings. The lowest BCUT2D eigenvalue weighted by molar-refractivity contribution is 0.102. The summed E-state index contributed by atoms with van der Waals surface area (Å²) < 4.78 is 13.0. The van der Waals surface area contributed by atoms with Crippen LogP contribution < -0.4 is 5.32 Å². The van der Waals surface area contributed by atoms with E-state index in [2.05, 4.69) is 5.32 Å². The number of anilines is 1. The molecule has 98 valence electrons. The first-order valence-corrected chi connectivity index (χ1v) is 5.91. The minimum absolute atomic E-state index is 0.0775. The third kappa shape index (κ3) is 3.03. The summed E-state index contributed by atoms with van der Waals surface area (Å²) in [5.74, 6) is -1.15. The zero-order valence-electron chi connectivity index (χ0n) is 10.1. The molecule has 2 rings (SSSR count). The Balaban J connectivity index is 2.25. The summed E-state index contributed by atoms with van der Waals surface area (Å²) in [7, 11) is 0. The molecule has 19 heavy (non-hydrogen) atoms. The Hall–Kier alpha value is -2.07. The number of aromatic hydroxyl groups is 1. The van der Waals surface area contributed by atoms with Crippen LogP contribution in [0.15, 0.2) is 36.4 Å². The van der Waals surface area contributed by atoms with Crippen LogP contribution in [-0.4, -0.2) is 11.0 Å². The van der Waals surface area contributed by atoms with Crippen LogP contribution in [0.2, 0.25) is 5.02 Å². The molecule has 0 aliphatic carbocycles. The van der Waals surface area contributed by atoms with Crippen LogP contribution in [0.5, 0.6) is 5.75 Å². The van der Waals surface area contributed by atoms with Crippen molar-refractivity contribution in [3.05, 3.63) is 58.4 Å². The van der Waals surface area contributed by atoms with Crippen molar-refractivity contribution in [2.24, 2.45) is 0 Å². The number of phenols is 1. The highest BCUT2D eigenvalue weighted by molar-refractivity contribution is 6.31. The van der Waals surface area contributed by atoms with Crippen molar-refractivity contribution in [2.75, 3.05) is 5.32 Å². The zero-order valence-corrected chi connectivity index (χ0v) is 10.8. The van der Waals surface area contributed by atoms with Gasteiger partial charge in [0.15, 0.2) is 0 Å². The van der Waals surface area contributed by atoms with E-state index in [4.69, 9.17) is 11.6 Å². The van der Waals surface area contributed by atoms with Gasteiger partial charge in [0.1, 0.15) is 11.6 Å². The maximum absolute atomic E-state index is 13.0. The van der Waals surface area contributed by atoms with E-state index in [1.165, 1.54) is 18.2 Å². The average molecular weight is 280 g/mol. The topological polar surface area (TPSA) is 49.3 Å². The molecule has 0 radical (unpaired) electrons. The van der Waals surface area contributed by atoms with Crippen LogP contribution in [0.25, 0.3) is 0 Å². The predicted octanol–water partition coefficient (Wildman–Crippen LogP) is 3.75. The normalized spacial score (nSPS) is 10.3. The van der Waals surface area contributed by atoms with E-state index in [-0.39, 0.29) is 16.3 Å². The molecule has 0 saturated heterocycles. The van der Waals surface area contributed by atoms with Gasteiger partial charge in [-0.05, 0) is 37.3 Å². The molecule has 0 saturated carbocycles. The summed E-state index contributed by atoms with van der Waals surface area (Å²) >= 11 is 5.62. The molecule has 0 bridgehead atoms. The summed E-state index contributed by atoms with van der Waals surface area (Å²) in [6, 6.07) is 8.57. The van der Waals surface area contributed by atoms with Crippen LogP contribution >= 0.6 is 11.6 Å². The average Bonchev–Trinajstić information content (AvgIpc) is 2.36. The third-order valence-corrected chi connectivity index (χ3v) is 2.86. The van der Waals surface area contributed by atoms with Crippen molar-refractivity contribution in [1.82, 2.24) is 0 Å². The lowest BCUT2D eigenvalue weighted by Gasteiger charge is -2.08. The van der Waals surface area contributed by atoms with Crippen LogP contribution in [0.1, 0.15) is 15.9 Å². The number of halogens is 2. The molecule has 0 unspecified atom stereocenters. The molecule has 0 aromatic heterocycles. The molecule has 2 aromatic carbocycles. The van der Waals surface area contributed by atoms with Crippen molar-refractivity contribution in [1.29, 1.82) is 0 Å². The van der Waals surface area contributed by atoms with Gasteiger partial charge in [0.25, 0.3) is 5.91 Å². The highest BCUT2D eigenvalue weighted by atomic mass is 35.5. The summed E-state index contributed by atoms with van der Waals surface area (Å²) in [6.07, 6.45) is 0. The Morgan fingerprint density at radius 3 is 2.68 bits per heavy atom. The second-order valence-corrected chi connectivity index (χ2v) is 4.51. The van der Waals surface area contributed by atoms with E-state index in [0.717, 1.165) is 11.6 Å². The maximum atomic E-state index is 13.0. The van der Waals surface area contributed by atoms with Gasteiger partial charge in [0, 0.05) is 5.69 Å². The molecule has 5 heteroatoms. The second kappa shape index (κ2) is 5.28. The number of aryl methyl sites for hydroxylation is 1. The number of carbonyl (C=O) groups excluding carboxylic acids is 1. The van der Waals surface area contributed by atoms with Crippen LogP contribution in [-0.2, 0) is 0 Å². The van der Waals surface area contributed by atoms with Gasteiger partial charge in [-0.2, -0.15) is 0 Å². The lowest BCUT2D eigenvalue weighted by Crippen LogP contribution is -2.12. The fourth-order valence-corrected chi connectivity index (χ4v) is 1.78. The maximum Gasteiger partial charge on any atom is 0.259 e. The molecule has 0 heterocycles. The van der Waals surface area contributed by atoms with E-state index in [0.29, 0.717) is 5.69 Å². The largest absolute Gasteiger partial charge is 0.507 e. The molecule has 0 spiro atoms. The molecule has 2 aromatic rings. The summed E-state index contributed by atoms with van der Waals surface area (Å²) in [5, 5.41) is 12.1. The van der Waals surface area contributed by atoms with Crippen LogP contribution in [0.4, 0.5) is 10.1 Å². The smallest absolute Gasteiger partial charge is 0.259 e. The van der Waals surface area contributed by atoms with Gasteiger partial charge in [-0.3, -0.25) is 4.79 Å². The van der Waals surface area contributed by atoms with E-state index in [9.17, 15) is 14.3 Å². The van der Waals surface area contributed by atoms with Crippen molar-refractivity contribution >= 4 is 23.2 Å². The van der Waals surface area contributed by atoms with Gasteiger partial charge in [0.05, 0.1) is 10.6 Å². The summed E-state index contributed by atoms with van der Waals surface area (Å²) in [4.78, 5) is 12.0. The Morgan fingerprint density at radius 1 is 1.26 bits per heavy atom. The van der Waals surface area contributed by atoms with E-state index < -0.39 is 11.7 Å². The van der Waals surface area contributed by atoms with Gasteiger partial charge >= 0.3 is 0 Å². The van der Waals surface area contributed by atoms with Gasteiger partial charge in [0.2, 0.25) is 0 Å². The summed E-state index contributed by atoms with van der Waals surface area (Å²) in [6.45, 7) is 1.81. The number of nitrogens with one attached hydrogen (secondary N) is 1. The Labute approximate surface area is 114 Å². The number of amides is 1. The lowest BCUT2D eigenvalue weighted by atomic mass is 10.1. The quantitative estimate of drug-likeness (QED) is 0.880. The minimum Gasteiger partial charge on any atom is -0.507 e. The SMILES string of the molecule is Cc1ccc(O)c(C(=O)Nc2ccc(F)c(Cl)c2)c1. The Morgan fingerprint density at radius 2 is 2.00 bits per heavy atom. The molecule has 0 aliphatic rings. The first kappa shape index (κ1) is 13.4. The number of hydrogen-bond acceptors (Lipinski definition) is 2. The van der Waals surface area contributed by atoms with Crippen LogP contribution in [0, 0.1) is 12.7 Å². The molecular formula is C14H11ClFNO2. The number of carbonyl (C=O) groups is 1. The minimum atomic E-state index is -0.557. The van der Waals surface area contributed by atoms with Gasteiger partial charge in [-0.1, -0.05) is 23.2 Å². The monoisotopic (exact) mass is 279 g/mol. The Bertz CT molecular complexity index is 643. The standard InChI is InChI=1S/C14H11ClFNO2/c1-8-2-5-13(18)10(6-8)14(19)17-9-3-4-12(16)11(15)7-9/h2-7,18H,1H3,(H,17,19). The number of hydrogen-bond donors (Lipinski definition) is 2. The van der Waals surface area contributed by atoms with E-state index in [1.807, 2.05) is 6.92 Å². The Kier molecular flexibility index (Phi) is 3.71. The summed E-state index contributed by atoms with van der Waals surface area (Å²) in [5.41, 5.74) is 1.36. The number of phenolic OH excluding ortho intramolecular Hbond substituents is 1. The van der Waals surface area contributed by atoms with Crippen molar-refractivity contribution in [3.8, 4) is 5.75 Å². The molecule has 1 amide bonds. The second-order valence-electron chi connectivity index (χ2n) is 4.10. The first-order valence-electron chi connectivity index (χ1n) is 5.53. The molecule has 0 atom stereocenters. The fraction of sp³-hybridized carbons (Fsp3) is 0.0714. The van der Waals surface area contributed by atoms with E-state index >= 15 is 0 Å². The van der Waals surface area contributed by atoms with Gasteiger partial charge < -0.3 is 10.4 Å². The van der Waals surface area contributed by atoms with Crippen molar-refractivity contribution < 1.29 is 14.3 Å². The zero-order chi connectivity index (χ0) is 14.0. The van der Waals surface area contributed by atoms with E-state index in [1.54, 1.807) is 12.1 Å². The number of rotatable bonds is 2. The molecule has 0 aliphatic heterocycles. The van der Waals surface area contributed by atoms with Crippen LogP contribution in [0.3, 0.4) is 0 Å². The van der Waals surface area contributed by atoms with Crippen molar-refractivity contribution in [3.63, 3.8) is 0 Å². The van der Waals surface area contributed by atoms with Gasteiger partial charge in [-0.15, -0.1) is 0 Å². The molecular weight excluding hydrogens is 269 g/mol. The fourth-order valence-electron chi connectivity index (χ4n) is 1.60. The highest BCUT2D eigenvalue weighted by Crippen LogP contribution is 2.22. The first-order chi connectivity index (χ1) is 8.97. The third-order valence-electron chi connectivity index (χ3n) is 2.57. The highest BCUT2D eigenvalue weighted by Gasteiger charge is 2.12. The predicted molar refractivity (Wildman–Crippen MR) is 72.2 cm³/mol. The molecule has 2 N–H and O–H groups in total. The van der Waals surface area contributed by atoms with Crippen molar-refractivity contribution in [2.45, 2.75) is 6.92 Å². The molecule has 3 nitrogen and oxygen atoms in total.